The first-order valence-electron chi connectivity index (χ1n) is 6.64. The lowest BCUT2D eigenvalue weighted by Crippen LogP contribution is -2.11. The number of benzene rings is 1. The molecule has 0 saturated heterocycles. The molecule has 0 aliphatic carbocycles. The second-order valence-corrected chi connectivity index (χ2v) is 6.01. The summed E-state index contributed by atoms with van der Waals surface area (Å²) in [4.78, 5) is 15.2. The second-order valence-electron chi connectivity index (χ2n) is 6.01. The molecule has 4 nitrogen and oxygen atoms in total. The van der Waals surface area contributed by atoms with Crippen LogP contribution < -0.4 is 0 Å². The smallest absolute Gasteiger partial charge is 0.309 e. The summed E-state index contributed by atoms with van der Waals surface area (Å²) in [5.41, 5.74) is 3.77. The van der Waals surface area contributed by atoms with E-state index in [1.54, 1.807) is 6.33 Å². The predicted molar refractivity (Wildman–Crippen MR) is 78.3 cm³/mol. The Bertz CT molecular complexity index is 619. The van der Waals surface area contributed by atoms with Gasteiger partial charge in [0.1, 0.15) is 0 Å². The van der Waals surface area contributed by atoms with Gasteiger partial charge in [0.05, 0.1) is 24.1 Å². The predicted octanol–water partition coefficient (Wildman–Crippen LogP) is 3.11. The van der Waals surface area contributed by atoms with Crippen LogP contribution in [-0.2, 0) is 16.6 Å². The molecular weight excluding hydrogens is 252 g/mol. The van der Waals surface area contributed by atoms with Crippen LogP contribution in [0.5, 0.6) is 0 Å². The Morgan fingerprint density at radius 1 is 1.25 bits per heavy atom. The average Bonchev–Trinajstić information content (AvgIpc) is 2.70. The second kappa shape index (κ2) is 5.12. The lowest BCUT2D eigenvalue weighted by Gasteiger charge is -2.19. The van der Waals surface area contributed by atoms with Crippen molar-refractivity contribution in [1.82, 2.24) is 9.55 Å². The molecule has 0 aliphatic heterocycles. The van der Waals surface area contributed by atoms with Gasteiger partial charge in [-0.1, -0.05) is 32.9 Å². The van der Waals surface area contributed by atoms with Gasteiger partial charge in [0.15, 0.2) is 0 Å². The Kier molecular flexibility index (Phi) is 3.66. The Labute approximate surface area is 119 Å². The van der Waals surface area contributed by atoms with Gasteiger partial charge in [-0.15, -0.1) is 0 Å². The molecule has 0 amide bonds. The summed E-state index contributed by atoms with van der Waals surface area (Å²) in [5.74, 6) is -0.846. The summed E-state index contributed by atoms with van der Waals surface area (Å²) < 4.78 is 1.84. The zero-order chi connectivity index (χ0) is 14.9. The summed E-state index contributed by atoms with van der Waals surface area (Å²) in [7, 11) is 0. The van der Waals surface area contributed by atoms with Crippen LogP contribution in [0.4, 0.5) is 0 Å². The normalized spacial score (nSPS) is 11.6. The van der Waals surface area contributed by atoms with Crippen LogP contribution in [0.25, 0.3) is 5.69 Å². The van der Waals surface area contributed by atoms with Crippen LogP contribution >= 0.6 is 0 Å². The van der Waals surface area contributed by atoms with Gasteiger partial charge in [-0.2, -0.15) is 0 Å². The summed E-state index contributed by atoms with van der Waals surface area (Å²) in [6, 6.07) is 8.17. The zero-order valence-electron chi connectivity index (χ0n) is 12.3. The van der Waals surface area contributed by atoms with E-state index >= 15 is 0 Å². The molecule has 0 saturated carbocycles. The number of carboxylic acids is 1. The molecule has 1 N–H and O–H groups in total. The minimum absolute atomic E-state index is 0.0210. The molecule has 106 valence electrons. The maximum absolute atomic E-state index is 10.9. The molecule has 1 aromatic carbocycles. The fourth-order valence-electron chi connectivity index (χ4n) is 2.16. The van der Waals surface area contributed by atoms with Crippen molar-refractivity contribution in [3.05, 3.63) is 47.5 Å². The van der Waals surface area contributed by atoms with Gasteiger partial charge in [-0.25, -0.2) is 4.98 Å². The van der Waals surface area contributed by atoms with E-state index in [-0.39, 0.29) is 11.8 Å². The molecule has 0 fully saturated rings. The fourth-order valence-corrected chi connectivity index (χ4v) is 2.16. The minimum Gasteiger partial charge on any atom is -0.481 e. The molecule has 0 radical (unpaired) electrons. The highest BCUT2D eigenvalue weighted by atomic mass is 16.4. The van der Waals surface area contributed by atoms with Crippen LogP contribution in [0.15, 0.2) is 30.6 Å². The lowest BCUT2D eigenvalue weighted by atomic mass is 9.87. The molecule has 0 bridgehead atoms. The highest BCUT2D eigenvalue weighted by Gasteiger charge is 2.15. The number of hydrogen-bond donors (Lipinski definition) is 1. The Morgan fingerprint density at radius 3 is 2.35 bits per heavy atom. The Hall–Kier alpha value is -2.10. The first kappa shape index (κ1) is 14.3. The number of imidazole rings is 1. The molecule has 1 aromatic heterocycles. The number of carbonyl (C=O) groups is 1. The summed E-state index contributed by atoms with van der Waals surface area (Å²) in [6.07, 6.45) is 1.66. The quantitative estimate of drug-likeness (QED) is 0.934. The molecule has 0 aliphatic rings. The highest BCUT2D eigenvalue weighted by molar-refractivity contribution is 5.70. The first-order valence-corrected chi connectivity index (χ1v) is 6.64. The minimum atomic E-state index is -0.846. The van der Waals surface area contributed by atoms with E-state index in [4.69, 9.17) is 5.11 Å². The van der Waals surface area contributed by atoms with Crippen molar-refractivity contribution >= 4 is 5.97 Å². The molecule has 0 spiro atoms. The van der Waals surface area contributed by atoms with Gasteiger partial charge in [-0.3, -0.25) is 4.79 Å². The third-order valence-electron chi connectivity index (χ3n) is 3.41. The van der Waals surface area contributed by atoms with Crippen molar-refractivity contribution in [3.63, 3.8) is 0 Å². The van der Waals surface area contributed by atoms with Gasteiger partial charge in [0.25, 0.3) is 0 Å². The van der Waals surface area contributed by atoms with Crippen molar-refractivity contribution in [2.45, 2.75) is 39.5 Å². The first-order chi connectivity index (χ1) is 9.29. The van der Waals surface area contributed by atoms with Gasteiger partial charge in [0.2, 0.25) is 0 Å². The largest absolute Gasteiger partial charge is 0.481 e. The summed E-state index contributed by atoms with van der Waals surface area (Å²) in [6.45, 7) is 8.33. The van der Waals surface area contributed by atoms with E-state index < -0.39 is 5.97 Å². The Morgan fingerprint density at radius 2 is 1.85 bits per heavy atom. The highest BCUT2D eigenvalue weighted by Crippen LogP contribution is 2.24. The molecule has 0 unspecified atom stereocenters. The number of aryl methyl sites for hydroxylation is 1. The van der Waals surface area contributed by atoms with Crippen molar-refractivity contribution in [2.75, 3.05) is 0 Å². The van der Waals surface area contributed by atoms with Crippen molar-refractivity contribution < 1.29 is 9.90 Å². The molecule has 1 heterocycles. The molecule has 0 atom stereocenters. The average molecular weight is 272 g/mol. The van der Waals surface area contributed by atoms with Crippen molar-refractivity contribution in [2.24, 2.45) is 0 Å². The topological polar surface area (TPSA) is 55.1 Å². The zero-order valence-corrected chi connectivity index (χ0v) is 12.3. The fraction of sp³-hybridized carbons (Fsp3) is 0.375. The van der Waals surface area contributed by atoms with E-state index in [0.717, 1.165) is 17.1 Å². The standard InChI is InChI=1S/C16H20N2O2/c1-11-14(9-15(19)20)18(10-17-11)13-7-5-12(6-8-13)16(2,3)4/h5-8,10H,9H2,1-4H3,(H,19,20). The monoisotopic (exact) mass is 272 g/mol. The van der Waals surface area contributed by atoms with Gasteiger partial charge in [0, 0.05) is 5.69 Å². The van der Waals surface area contributed by atoms with Crippen LogP contribution in [0.1, 0.15) is 37.7 Å². The molecule has 2 aromatic rings. The van der Waals surface area contributed by atoms with Crippen molar-refractivity contribution in [1.29, 1.82) is 0 Å². The number of aromatic nitrogens is 2. The third-order valence-corrected chi connectivity index (χ3v) is 3.41. The Balaban J connectivity index is 2.40. The van der Waals surface area contributed by atoms with E-state index in [1.807, 2.05) is 23.6 Å². The molecule has 4 heteroatoms. The van der Waals surface area contributed by atoms with Crippen LogP contribution in [0, 0.1) is 6.92 Å². The molecule has 2 rings (SSSR count). The lowest BCUT2D eigenvalue weighted by molar-refractivity contribution is -0.136. The van der Waals surface area contributed by atoms with E-state index in [2.05, 4.69) is 37.9 Å². The van der Waals surface area contributed by atoms with Crippen LogP contribution in [0.2, 0.25) is 0 Å². The summed E-state index contributed by atoms with van der Waals surface area (Å²) in [5, 5.41) is 8.99. The molecular formula is C16H20N2O2. The maximum atomic E-state index is 10.9. The number of rotatable bonds is 3. The number of aliphatic carboxylic acids is 1. The van der Waals surface area contributed by atoms with Gasteiger partial charge >= 0.3 is 5.97 Å². The van der Waals surface area contributed by atoms with E-state index in [9.17, 15) is 4.79 Å². The van der Waals surface area contributed by atoms with E-state index in [1.165, 1.54) is 5.56 Å². The maximum Gasteiger partial charge on any atom is 0.309 e. The van der Waals surface area contributed by atoms with Gasteiger partial charge in [-0.05, 0) is 30.0 Å². The van der Waals surface area contributed by atoms with E-state index in [0.29, 0.717) is 0 Å². The van der Waals surface area contributed by atoms with Crippen LogP contribution in [-0.4, -0.2) is 20.6 Å². The van der Waals surface area contributed by atoms with Gasteiger partial charge < -0.3 is 9.67 Å². The molecule has 20 heavy (non-hydrogen) atoms. The SMILES string of the molecule is Cc1ncn(-c2ccc(C(C)(C)C)cc2)c1CC(=O)O. The number of nitrogens with zero attached hydrogens (tertiary/aromatic N) is 2. The summed E-state index contributed by atoms with van der Waals surface area (Å²) >= 11 is 0. The number of carboxylic acid groups (broad SMARTS) is 1. The van der Waals surface area contributed by atoms with Crippen molar-refractivity contribution in [3.8, 4) is 5.69 Å². The number of hydrogen-bond acceptors (Lipinski definition) is 2. The third kappa shape index (κ3) is 2.90. The van der Waals surface area contributed by atoms with Crippen LogP contribution in [0.3, 0.4) is 0 Å².